The van der Waals surface area contributed by atoms with E-state index in [-0.39, 0.29) is 6.79 Å². The number of aliphatic hydroxyl groups is 1. The molecule has 0 saturated heterocycles. The number of rotatable bonds is 2. The Morgan fingerprint density at radius 1 is 1.00 bits per heavy atom. The molecule has 0 bridgehead atoms. The predicted molar refractivity (Wildman–Crippen MR) is 77.6 cm³/mol. The predicted octanol–water partition coefficient (Wildman–Crippen LogP) is 3.77. The van der Waals surface area contributed by atoms with Gasteiger partial charge in [-0.2, -0.15) is 0 Å². The first kappa shape index (κ1) is 13.3. The highest BCUT2D eigenvalue weighted by Crippen LogP contribution is 2.41. The molecule has 20 heavy (non-hydrogen) atoms. The molecule has 1 atom stereocenters. The average molecular weight is 291 g/mol. The number of aliphatic hydroxyl groups excluding tert-OH is 1. The van der Waals surface area contributed by atoms with Crippen molar-refractivity contribution in [2.24, 2.45) is 0 Å². The lowest BCUT2D eigenvalue weighted by molar-refractivity contribution is 0.173. The van der Waals surface area contributed by atoms with Crippen molar-refractivity contribution >= 4 is 11.6 Å². The van der Waals surface area contributed by atoms with Gasteiger partial charge >= 0.3 is 0 Å². The van der Waals surface area contributed by atoms with Crippen LogP contribution >= 0.6 is 11.6 Å². The van der Waals surface area contributed by atoms with Gasteiger partial charge in [0.2, 0.25) is 6.79 Å². The van der Waals surface area contributed by atoms with Gasteiger partial charge in [0, 0.05) is 0 Å². The van der Waals surface area contributed by atoms with E-state index in [1.807, 2.05) is 26.0 Å². The first-order valence-electron chi connectivity index (χ1n) is 6.40. The van der Waals surface area contributed by atoms with Crippen LogP contribution in [0.1, 0.15) is 28.4 Å². The summed E-state index contributed by atoms with van der Waals surface area (Å²) in [6, 6.07) is 9.50. The van der Waals surface area contributed by atoms with Crippen LogP contribution in [0.5, 0.6) is 11.5 Å². The molecule has 0 fully saturated rings. The van der Waals surface area contributed by atoms with Crippen molar-refractivity contribution in [1.29, 1.82) is 0 Å². The van der Waals surface area contributed by atoms with Crippen LogP contribution < -0.4 is 9.47 Å². The molecule has 3 rings (SSSR count). The van der Waals surface area contributed by atoms with E-state index in [0.717, 1.165) is 16.7 Å². The van der Waals surface area contributed by atoms with Gasteiger partial charge in [-0.3, -0.25) is 0 Å². The molecule has 2 aromatic rings. The maximum Gasteiger partial charge on any atom is 0.231 e. The van der Waals surface area contributed by atoms with Gasteiger partial charge in [-0.25, -0.2) is 0 Å². The second kappa shape index (κ2) is 5.00. The SMILES string of the molecule is Cc1cc(C)cc(C(O)c2cc(Cl)c3c(c2)OCO3)c1. The van der Waals surface area contributed by atoms with Crippen LogP contribution in [0.25, 0.3) is 0 Å². The summed E-state index contributed by atoms with van der Waals surface area (Å²) >= 11 is 6.15. The standard InChI is InChI=1S/C16H15ClO3/c1-9-3-10(2)5-11(4-9)15(18)12-6-13(17)16-14(7-12)19-8-20-16/h3-7,15,18H,8H2,1-2H3. The molecular weight excluding hydrogens is 276 g/mol. The summed E-state index contributed by atoms with van der Waals surface area (Å²) in [6.07, 6.45) is -0.736. The van der Waals surface area contributed by atoms with Crippen molar-refractivity contribution < 1.29 is 14.6 Å². The Hall–Kier alpha value is -1.71. The number of halogens is 1. The lowest BCUT2D eigenvalue weighted by Gasteiger charge is -2.14. The smallest absolute Gasteiger partial charge is 0.231 e. The van der Waals surface area contributed by atoms with E-state index in [1.54, 1.807) is 12.1 Å². The molecule has 4 heteroatoms. The summed E-state index contributed by atoms with van der Waals surface area (Å²) in [6.45, 7) is 4.18. The van der Waals surface area contributed by atoms with Crippen molar-refractivity contribution in [2.75, 3.05) is 6.79 Å². The van der Waals surface area contributed by atoms with E-state index >= 15 is 0 Å². The molecule has 2 aromatic carbocycles. The molecule has 1 unspecified atom stereocenters. The maximum absolute atomic E-state index is 10.5. The van der Waals surface area contributed by atoms with Gasteiger partial charge in [0.05, 0.1) is 5.02 Å². The lowest BCUT2D eigenvalue weighted by atomic mass is 9.98. The zero-order valence-corrected chi connectivity index (χ0v) is 12.1. The van der Waals surface area contributed by atoms with Crippen LogP contribution in [0, 0.1) is 13.8 Å². The highest BCUT2D eigenvalue weighted by Gasteiger charge is 2.21. The quantitative estimate of drug-likeness (QED) is 0.915. The van der Waals surface area contributed by atoms with Crippen LogP contribution in [-0.4, -0.2) is 11.9 Å². The Morgan fingerprint density at radius 2 is 1.65 bits per heavy atom. The van der Waals surface area contributed by atoms with Gasteiger partial charge in [-0.05, 0) is 37.1 Å². The average Bonchev–Trinajstić information content (AvgIpc) is 2.85. The fourth-order valence-corrected chi connectivity index (χ4v) is 2.78. The van der Waals surface area contributed by atoms with Crippen molar-refractivity contribution in [2.45, 2.75) is 20.0 Å². The molecule has 0 spiro atoms. The maximum atomic E-state index is 10.5. The molecule has 0 amide bonds. The molecule has 1 aliphatic rings. The molecule has 0 aromatic heterocycles. The molecule has 1 aliphatic heterocycles. The first-order chi connectivity index (χ1) is 9.54. The third kappa shape index (κ3) is 2.35. The number of aryl methyl sites for hydroxylation is 2. The number of benzene rings is 2. The molecule has 104 valence electrons. The zero-order valence-electron chi connectivity index (χ0n) is 11.3. The van der Waals surface area contributed by atoms with E-state index in [1.165, 1.54) is 0 Å². The van der Waals surface area contributed by atoms with Crippen molar-refractivity contribution in [3.63, 3.8) is 0 Å². The van der Waals surface area contributed by atoms with E-state index in [9.17, 15) is 5.11 Å². The third-order valence-corrected chi connectivity index (χ3v) is 3.61. The number of hydrogen-bond acceptors (Lipinski definition) is 3. The Morgan fingerprint density at radius 3 is 2.35 bits per heavy atom. The fourth-order valence-electron chi connectivity index (χ4n) is 2.51. The van der Waals surface area contributed by atoms with Gasteiger partial charge < -0.3 is 14.6 Å². The second-order valence-electron chi connectivity index (χ2n) is 5.06. The summed E-state index contributed by atoms with van der Waals surface area (Å²) in [5.41, 5.74) is 3.78. The van der Waals surface area contributed by atoms with Gasteiger partial charge in [0.1, 0.15) is 6.10 Å². The summed E-state index contributed by atoms with van der Waals surface area (Å²) in [5.74, 6) is 1.12. The van der Waals surface area contributed by atoms with Crippen LogP contribution in [0.4, 0.5) is 0 Å². The summed E-state index contributed by atoms with van der Waals surface area (Å²) < 4.78 is 10.6. The molecule has 3 nitrogen and oxygen atoms in total. The topological polar surface area (TPSA) is 38.7 Å². The van der Waals surface area contributed by atoms with Gasteiger partial charge in [-0.1, -0.05) is 40.9 Å². The Balaban J connectivity index is 2.02. The summed E-state index contributed by atoms with van der Waals surface area (Å²) in [4.78, 5) is 0. The minimum absolute atomic E-state index is 0.165. The Bertz CT molecular complexity index is 647. The molecular formula is C16H15ClO3. The normalized spacial score (nSPS) is 14.4. The van der Waals surface area contributed by atoms with Crippen LogP contribution in [0.3, 0.4) is 0 Å². The second-order valence-corrected chi connectivity index (χ2v) is 5.47. The van der Waals surface area contributed by atoms with E-state index in [2.05, 4.69) is 6.07 Å². The zero-order chi connectivity index (χ0) is 14.3. The van der Waals surface area contributed by atoms with Crippen LogP contribution in [0.15, 0.2) is 30.3 Å². The van der Waals surface area contributed by atoms with Crippen molar-refractivity contribution in [3.8, 4) is 11.5 Å². The number of fused-ring (bicyclic) bond motifs is 1. The summed E-state index contributed by atoms with van der Waals surface area (Å²) in [5, 5.41) is 11.0. The highest BCUT2D eigenvalue weighted by atomic mass is 35.5. The number of hydrogen-bond donors (Lipinski definition) is 1. The Labute approximate surface area is 122 Å². The van der Waals surface area contributed by atoms with Crippen molar-refractivity contribution in [1.82, 2.24) is 0 Å². The van der Waals surface area contributed by atoms with Crippen LogP contribution in [0.2, 0.25) is 5.02 Å². The van der Waals surface area contributed by atoms with Gasteiger partial charge in [0.25, 0.3) is 0 Å². The highest BCUT2D eigenvalue weighted by molar-refractivity contribution is 6.32. The lowest BCUT2D eigenvalue weighted by Crippen LogP contribution is -2.01. The van der Waals surface area contributed by atoms with Crippen LogP contribution in [-0.2, 0) is 0 Å². The number of ether oxygens (including phenoxy) is 2. The fraction of sp³-hybridized carbons (Fsp3) is 0.250. The van der Waals surface area contributed by atoms with Gasteiger partial charge in [-0.15, -0.1) is 0 Å². The minimum atomic E-state index is -0.736. The molecule has 0 radical (unpaired) electrons. The summed E-state index contributed by atoms with van der Waals surface area (Å²) in [7, 11) is 0. The van der Waals surface area contributed by atoms with E-state index in [4.69, 9.17) is 21.1 Å². The molecule has 1 heterocycles. The molecule has 0 aliphatic carbocycles. The molecule has 0 saturated carbocycles. The Kier molecular flexibility index (Phi) is 3.32. The molecule has 1 N–H and O–H groups in total. The first-order valence-corrected chi connectivity index (χ1v) is 6.77. The minimum Gasteiger partial charge on any atom is -0.454 e. The van der Waals surface area contributed by atoms with E-state index in [0.29, 0.717) is 22.1 Å². The third-order valence-electron chi connectivity index (χ3n) is 3.33. The van der Waals surface area contributed by atoms with E-state index < -0.39 is 6.10 Å². The van der Waals surface area contributed by atoms with Gasteiger partial charge in [0.15, 0.2) is 11.5 Å². The van der Waals surface area contributed by atoms with Crippen molar-refractivity contribution in [3.05, 3.63) is 57.6 Å². The largest absolute Gasteiger partial charge is 0.454 e. The monoisotopic (exact) mass is 290 g/mol.